The van der Waals surface area contributed by atoms with E-state index in [1.54, 1.807) is 0 Å². The molecular formula is C5H5NO5S. The lowest BCUT2D eigenvalue weighted by molar-refractivity contribution is 0.479. The monoisotopic (exact) mass is 191 g/mol. The van der Waals surface area contributed by atoms with E-state index in [0.29, 0.717) is 0 Å². The van der Waals surface area contributed by atoms with Crippen LogP contribution >= 0.6 is 0 Å². The van der Waals surface area contributed by atoms with E-state index in [1.165, 1.54) is 0 Å². The third kappa shape index (κ3) is 1.69. The van der Waals surface area contributed by atoms with E-state index in [9.17, 15) is 13.3 Å². The Morgan fingerprint density at radius 3 is 2.67 bits per heavy atom. The van der Waals surface area contributed by atoms with Crippen LogP contribution in [0, 0.1) is 4.91 Å². The van der Waals surface area contributed by atoms with Crippen molar-refractivity contribution >= 4 is 10.1 Å². The maximum atomic E-state index is 10.5. The summed E-state index contributed by atoms with van der Waals surface area (Å²) in [7, 11) is -4.30. The molecule has 0 amide bonds. The molecule has 0 unspecified atom stereocenters. The largest absolute Gasteiger partial charge is 0.471 e. The molecule has 0 spiro atoms. The van der Waals surface area contributed by atoms with E-state index in [-0.39, 0.29) is 12.1 Å². The van der Waals surface area contributed by atoms with Gasteiger partial charge in [-0.1, -0.05) is 5.18 Å². The Kier molecular flexibility index (Phi) is 2.25. The molecule has 0 aliphatic carbocycles. The van der Waals surface area contributed by atoms with Crippen LogP contribution in [0.25, 0.3) is 0 Å². The van der Waals surface area contributed by atoms with Crippen LogP contribution in [-0.4, -0.2) is 13.0 Å². The summed E-state index contributed by atoms with van der Waals surface area (Å²) in [6, 6.07) is 0. The third-order valence-electron chi connectivity index (χ3n) is 1.21. The second kappa shape index (κ2) is 3.03. The van der Waals surface area contributed by atoms with Gasteiger partial charge in [0.05, 0.1) is 6.26 Å². The van der Waals surface area contributed by atoms with Crippen LogP contribution < -0.4 is 0 Å². The summed E-state index contributed by atoms with van der Waals surface area (Å²) in [5, 5.41) is 2.47. The lowest BCUT2D eigenvalue weighted by Gasteiger charge is -1.91. The van der Waals surface area contributed by atoms with E-state index < -0.39 is 15.0 Å². The van der Waals surface area contributed by atoms with E-state index in [2.05, 4.69) is 9.59 Å². The second-order valence-corrected chi connectivity index (χ2v) is 3.41. The van der Waals surface area contributed by atoms with Crippen molar-refractivity contribution in [3.05, 3.63) is 23.0 Å². The van der Waals surface area contributed by atoms with Crippen molar-refractivity contribution in [2.45, 2.75) is 11.4 Å². The summed E-state index contributed by atoms with van der Waals surface area (Å²) in [6.45, 7) is -0.342. The van der Waals surface area contributed by atoms with Gasteiger partial charge in [-0.25, -0.2) is 0 Å². The van der Waals surface area contributed by atoms with Gasteiger partial charge < -0.3 is 4.42 Å². The summed E-state index contributed by atoms with van der Waals surface area (Å²) in [4.78, 5) is 9.37. The Balaban J connectivity index is 3.16. The van der Waals surface area contributed by atoms with Crippen molar-refractivity contribution in [2.24, 2.45) is 5.18 Å². The average molecular weight is 191 g/mol. The predicted octanol–water partition coefficient (Wildman–Crippen LogP) is 0.793. The first-order chi connectivity index (χ1) is 5.55. The lowest BCUT2D eigenvalue weighted by atomic mass is 10.3. The van der Waals surface area contributed by atoms with Gasteiger partial charge in [0, 0.05) is 5.56 Å². The first-order valence-electron chi connectivity index (χ1n) is 2.87. The zero-order chi connectivity index (χ0) is 9.19. The molecule has 1 heterocycles. The van der Waals surface area contributed by atoms with Crippen LogP contribution in [0.4, 0.5) is 0 Å². The Morgan fingerprint density at radius 2 is 2.17 bits per heavy atom. The molecule has 1 N–H and O–H groups in total. The molecule has 66 valence electrons. The number of rotatable bonds is 3. The highest BCUT2D eigenvalue weighted by Gasteiger charge is 2.17. The molecule has 0 bridgehead atoms. The van der Waals surface area contributed by atoms with Crippen LogP contribution in [0.2, 0.25) is 0 Å². The van der Waals surface area contributed by atoms with Crippen molar-refractivity contribution in [3.63, 3.8) is 0 Å². The van der Waals surface area contributed by atoms with Gasteiger partial charge in [0.1, 0.15) is 17.7 Å². The molecule has 0 aliphatic heterocycles. The summed E-state index contributed by atoms with van der Waals surface area (Å²) in [5.74, 6) is 0. The maximum absolute atomic E-state index is 10.5. The van der Waals surface area contributed by atoms with Crippen molar-refractivity contribution in [1.82, 2.24) is 0 Å². The van der Waals surface area contributed by atoms with E-state index >= 15 is 0 Å². The minimum atomic E-state index is -4.30. The van der Waals surface area contributed by atoms with Gasteiger partial charge >= 0.3 is 0 Å². The van der Waals surface area contributed by atoms with Crippen LogP contribution in [0.15, 0.2) is 27.0 Å². The van der Waals surface area contributed by atoms with Crippen LogP contribution in [0.1, 0.15) is 5.56 Å². The number of furan rings is 1. The average Bonchev–Trinajstić information content (AvgIpc) is 2.34. The van der Waals surface area contributed by atoms with Gasteiger partial charge in [0.2, 0.25) is 0 Å². The Bertz CT molecular complexity index is 378. The first kappa shape index (κ1) is 8.88. The summed E-state index contributed by atoms with van der Waals surface area (Å²) < 4.78 is 34.1. The molecular weight excluding hydrogens is 186 g/mol. The Morgan fingerprint density at radius 1 is 1.50 bits per heavy atom. The molecule has 0 fully saturated rings. The number of hydrogen-bond acceptors (Lipinski definition) is 5. The molecule has 1 rings (SSSR count). The zero-order valence-electron chi connectivity index (χ0n) is 5.80. The molecule has 12 heavy (non-hydrogen) atoms. The fourth-order valence-electron chi connectivity index (χ4n) is 0.723. The summed E-state index contributed by atoms with van der Waals surface area (Å²) in [5.41, 5.74) is 0.0486. The zero-order valence-corrected chi connectivity index (χ0v) is 6.61. The fraction of sp³-hybridized carbons (Fsp3) is 0.200. The number of nitrogens with zero attached hydrogens (tertiary/aromatic N) is 1. The van der Waals surface area contributed by atoms with Crippen LogP contribution in [0.5, 0.6) is 0 Å². The minimum absolute atomic E-state index is 0.0486. The van der Waals surface area contributed by atoms with Gasteiger partial charge in [-0.05, 0) is 0 Å². The van der Waals surface area contributed by atoms with E-state index in [1.807, 2.05) is 0 Å². The lowest BCUT2D eigenvalue weighted by Crippen LogP contribution is -1.99. The van der Waals surface area contributed by atoms with Gasteiger partial charge in [-0.3, -0.25) is 4.55 Å². The Labute approximate surface area is 67.9 Å². The molecule has 0 saturated carbocycles. The molecule has 0 saturated heterocycles. The summed E-state index contributed by atoms with van der Waals surface area (Å²) in [6.07, 6.45) is 1.89. The van der Waals surface area contributed by atoms with Crippen molar-refractivity contribution in [1.29, 1.82) is 0 Å². The normalized spacial score (nSPS) is 11.4. The van der Waals surface area contributed by atoms with Crippen LogP contribution in [0.3, 0.4) is 0 Å². The third-order valence-corrected chi connectivity index (χ3v) is 2.13. The molecule has 6 nitrogen and oxygen atoms in total. The molecule has 0 radical (unpaired) electrons. The van der Waals surface area contributed by atoms with Crippen LogP contribution in [-0.2, 0) is 16.7 Å². The SMILES string of the molecule is O=NCc1cocc1S(=O)(=O)O. The predicted molar refractivity (Wildman–Crippen MR) is 38.0 cm³/mol. The van der Waals surface area contributed by atoms with E-state index in [0.717, 1.165) is 12.5 Å². The van der Waals surface area contributed by atoms with Gasteiger partial charge in [0.25, 0.3) is 10.1 Å². The highest BCUT2D eigenvalue weighted by Crippen LogP contribution is 2.16. The van der Waals surface area contributed by atoms with Gasteiger partial charge in [-0.2, -0.15) is 13.3 Å². The van der Waals surface area contributed by atoms with Gasteiger partial charge in [0.15, 0.2) is 0 Å². The smallest absolute Gasteiger partial charge is 0.298 e. The Hall–Kier alpha value is -1.21. The summed E-state index contributed by atoms with van der Waals surface area (Å²) >= 11 is 0. The van der Waals surface area contributed by atoms with Crippen molar-refractivity contribution in [2.75, 3.05) is 0 Å². The maximum Gasteiger partial charge on any atom is 0.298 e. The van der Waals surface area contributed by atoms with Crippen molar-refractivity contribution < 1.29 is 17.4 Å². The van der Waals surface area contributed by atoms with E-state index in [4.69, 9.17) is 4.55 Å². The molecule has 1 aromatic rings. The van der Waals surface area contributed by atoms with Crippen molar-refractivity contribution in [3.8, 4) is 0 Å². The molecule has 0 aliphatic rings. The highest BCUT2D eigenvalue weighted by molar-refractivity contribution is 7.85. The fourth-order valence-corrected chi connectivity index (χ4v) is 1.34. The number of hydrogen-bond donors (Lipinski definition) is 1. The van der Waals surface area contributed by atoms with Gasteiger partial charge in [-0.15, -0.1) is 0 Å². The molecule has 1 aromatic heterocycles. The minimum Gasteiger partial charge on any atom is -0.471 e. The molecule has 0 aromatic carbocycles. The topological polar surface area (TPSA) is 96.9 Å². The first-order valence-corrected chi connectivity index (χ1v) is 4.31. The molecule has 0 atom stereocenters. The highest BCUT2D eigenvalue weighted by atomic mass is 32.2. The standard InChI is InChI=1S/C5H5NO5S/c7-6-1-4-2-11-3-5(4)12(8,9)10/h2-3H,1H2,(H,8,9,10). The second-order valence-electron chi connectivity index (χ2n) is 2.02. The quantitative estimate of drug-likeness (QED) is 0.562. The number of nitroso groups, excluding NO2 is 1. The molecule has 7 heteroatoms.